The minimum atomic E-state index is -0.738. The second kappa shape index (κ2) is 13.7. The number of carboxylic acids is 1. The number of hydrogen-bond acceptors (Lipinski definition) is 3. The molecule has 0 radical (unpaired) electrons. The van der Waals surface area contributed by atoms with Gasteiger partial charge in [0.2, 0.25) is 0 Å². The SMILES string of the molecule is CCCCCCC(=O)C=CC1CCC(O)C1CC=CCCCCC(=O)O. The summed E-state index contributed by atoms with van der Waals surface area (Å²) in [5.41, 5.74) is 0. The summed E-state index contributed by atoms with van der Waals surface area (Å²) in [6.45, 7) is 2.16. The lowest BCUT2D eigenvalue weighted by Gasteiger charge is -2.17. The fourth-order valence-electron chi connectivity index (χ4n) is 3.60. The van der Waals surface area contributed by atoms with Crippen molar-refractivity contribution in [3.63, 3.8) is 0 Å². The highest BCUT2D eigenvalue weighted by molar-refractivity contribution is 5.89. The lowest BCUT2D eigenvalue weighted by molar-refractivity contribution is -0.137. The number of carbonyl (C=O) groups excluding carboxylic acids is 1. The minimum absolute atomic E-state index is 0.189. The summed E-state index contributed by atoms with van der Waals surface area (Å²) >= 11 is 0. The molecule has 3 atom stereocenters. The van der Waals surface area contributed by atoms with Crippen molar-refractivity contribution in [2.75, 3.05) is 0 Å². The number of rotatable bonds is 14. The molecule has 3 unspecified atom stereocenters. The van der Waals surface area contributed by atoms with Crippen LogP contribution in [0.1, 0.15) is 84.0 Å². The summed E-state index contributed by atoms with van der Waals surface area (Å²) in [7, 11) is 0. The molecule has 1 aliphatic rings. The quantitative estimate of drug-likeness (QED) is 0.257. The maximum Gasteiger partial charge on any atom is 0.303 e. The first-order valence-electron chi connectivity index (χ1n) is 10.3. The van der Waals surface area contributed by atoms with Crippen LogP contribution in [0.25, 0.3) is 0 Å². The zero-order valence-electron chi connectivity index (χ0n) is 16.2. The number of ketones is 1. The lowest BCUT2D eigenvalue weighted by Crippen LogP contribution is -2.17. The zero-order valence-corrected chi connectivity index (χ0v) is 16.2. The molecule has 0 saturated heterocycles. The Hall–Kier alpha value is -1.42. The van der Waals surface area contributed by atoms with Gasteiger partial charge in [0, 0.05) is 12.8 Å². The van der Waals surface area contributed by atoms with Gasteiger partial charge in [-0.25, -0.2) is 0 Å². The second-order valence-corrected chi connectivity index (χ2v) is 7.46. The predicted octanol–water partition coefficient (Wildman–Crippen LogP) is 5.06. The third-order valence-electron chi connectivity index (χ3n) is 5.23. The summed E-state index contributed by atoms with van der Waals surface area (Å²) in [6.07, 6.45) is 18.0. The van der Waals surface area contributed by atoms with Gasteiger partial charge in [-0.2, -0.15) is 0 Å². The summed E-state index contributed by atoms with van der Waals surface area (Å²) in [6, 6.07) is 0. The number of carbonyl (C=O) groups is 2. The first kappa shape index (κ1) is 22.6. The highest BCUT2D eigenvalue weighted by Gasteiger charge is 2.32. The number of allylic oxidation sites excluding steroid dienone is 4. The van der Waals surface area contributed by atoms with E-state index in [0.29, 0.717) is 12.8 Å². The number of hydrogen-bond donors (Lipinski definition) is 2. The molecule has 1 fully saturated rings. The Kier molecular flexibility index (Phi) is 12.0. The predicted molar refractivity (Wildman–Crippen MR) is 105 cm³/mol. The van der Waals surface area contributed by atoms with Gasteiger partial charge in [-0.15, -0.1) is 0 Å². The Morgan fingerprint density at radius 2 is 1.77 bits per heavy atom. The van der Waals surface area contributed by atoms with Gasteiger partial charge in [-0.1, -0.05) is 44.4 Å². The van der Waals surface area contributed by atoms with Crippen LogP contribution in [0.3, 0.4) is 0 Å². The van der Waals surface area contributed by atoms with E-state index in [-0.39, 0.29) is 30.1 Å². The van der Waals surface area contributed by atoms with Crippen molar-refractivity contribution < 1.29 is 19.8 Å². The van der Waals surface area contributed by atoms with Gasteiger partial charge in [-0.3, -0.25) is 9.59 Å². The molecular weight excluding hydrogens is 328 g/mol. The Bertz CT molecular complexity index is 467. The molecule has 1 rings (SSSR count). The fraction of sp³-hybridized carbons (Fsp3) is 0.727. The Labute approximate surface area is 158 Å². The number of unbranched alkanes of at least 4 members (excludes halogenated alkanes) is 5. The minimum Gasteiger partial charge on any atom is -0.481 e. The molecule has 148 valence electrons. The van der Waals surface area contributed by atoms with Crippen molar-refractivity contribution in [2.45, 2.75) is 90.1 Å². The Morgan fingerprint density at radius 3 is 2.50 bits per heavy atom. The van der Waals surface area contributed by atoms with E-state index in [1.54, 1.807) is 6.08 Å². The first-order chi connectivity index (χ1) is 12.5. The van der Waals surface area contributed by atoms with E-state index < -0.39 is 5.97 Å². The molecule has 4 heteroatoms. The van der Waals surface area contributed by atoms with Gasteiger partial charge in [-0.05, 0) is 62.9 Å². The molecule has 4 nitrogen and oxygen atoms in total. The highest BCUT2D eigenvalue weighted by Crippen LogP contribution is 2.35. The van der Waals surface area contributed by atoms with Crippen LogP contribution in [0, 0.1) is 11.8 Å². The average Bonchev–Trinajstić information content (AvgIpc) is 2.96. The van der Waals surface area contributed by atoms with Crippen LogP contribution in [0.2, 0.25) is 0 Å². The third kappa shape index (κ3) is 9.91. The molecule has 0 aromatic carbocycles. The van der Waals surface area contributed by atoms with E-state index in [1.165, 1.54) is 12.8 Å². The largest absolute Gasteiger partial charge is 0.481 e. The molecule has 0 aromatic rings. The summed E-state index contributed by atoms with van der Waals surface area (Å²) in [4.78, 5) is 22.4. The van der Waals surface area contributed by atoms with Crippen molar-refractivity contribution in [1.82, 2.24) is 0 Å². The molecule has 0 amide bonds. The van der Waals surface area contributed by atoms with Crippen LogP contribution >= 0.6 is 0 Å². The maximum atomic E-state index is 12.0. The Morgan fingerprint density at radius 1 is 1.00 bits per heavy atom. The molecule has 0 aromatic heterocycles. The van der Waals surface area contributed by atoms with E-state index in [2.05, 4.69) is 19.1 Å². The van der Waals surface area contributed by atoms with Crippen molar-refractivity contribution in [3.8, 4) is 0 Å². The maximum absolute atomic E-state index is 12.0. The number of aliphatic carboxylic acids is 1. The summed E-state index contributed by atoms with van der Waals surface area (Å²) in [5, 5.41) is 18.8. The third-order valence-corrected chi connectivity index (χ3v) is 5.23. The fourth-order valence-corrected chi connectivity index (χ4v) is 3.60. The van der Waals surface area contributed by atoms with Crippen LogP contribution in [0.15, 0.2) is 24.3 Å². The number of carboxylic acid groups (broad SMARTS) is 1. The molecule has 1 saturated carbocycles. The van der Waals surface area contributed by atoms with E-state index >= 15 is 0 Å². The summed E-state index contributed by atoms with van der Waals surface area (Å²) in [5.74, 6) is -0.0662. The normalized spacial score (nSPS) is 23.2. The average molecular weight is 365 g/mol. The molecule has 0 heterocycles. The van der Waals surface area contributed by atoms with Crippen LogP contribution in [0.4, 0.5) is 0 Å². The van der Waals surface area contributed by atoms with Crippen LogP contribution < -0.4 is 0 Å². The van der Waals surface area contributed by atoms with Crippen molar-refractivity contribution >= 4 is 11.8 Å². The summed E-state index contributed by atoms with van der Waals surface area (Å²) < 4.78 is 0. The molecule has 0 bridgehead atoms. The zero-order chi connectivity index (χ0) is 19.2. The van der Waals surface area contributed by atoms with Gasteiger partial charge >= 0.3 is 5.97 Å². The molecule has 2 N–H and O–H groups in total. The van der Waals surface area contributed by atoms with Gasteiger partial charge < -0.3 is 10.2 Å². The van der Waals surface area contributed by atoms with Gasteiger partial charge in [0.05, 0.1) is 6.10 Å². The highest BCUT2D eigenvalue weighted by atomic mass is 16.4. The topological polar surface area (TPSA) is 74.6 Å². The van der Waals surface area contributed by atoms with Crippen molar-refractivity contribution in [1.29, 1.82) is 0 Å². The monoisotopic (exact) mass is 364 g/mol. The molecule has 0 aliphatic heterocycles. The van der Waals surface area contributed by atoms with Crippen molar-refractivity contribution in [2.24, 2.45) is 11.8 Å². The first-order valence-corrected chi connectivity index (χ1v) is 10.3. The van der Waals surface area contributed by atoms with Crippen molar-refractivity contribution in [3.05, 3.63) is 24.3 Å². The van der Waals surface area contributed by atoms with Gasteiger partial charge in [0.15, 0.2) is 5.78 Å². The number of aliphatic hydroxyl groups is 1. The van der Waals surface area contributed by atoms with E-state index in [1.807, 2.05) is 6.08 Å². The van der Waals surface area contributed by atoms with Crippen LogP contribution in [-0.2, 0) is 9.59 Å². The molecule has 0 spiro atoms. The van der Waals surface area contributed by atoms with Gasteiger partial charge in [0.1, 0.15) is 0 Å². The van der Waals surface area contributed by atoms with Crippen LogP contribution in [-0.4, -0.2) is 28.1 Å². The molecule has 1 aliphatic carbocycles. The Balaban J connectivity index is 2.31. The standard InChI is InChI=1S/C22H36O4/c1-2-3-4-8-11-19(23)16-14-18-15-17-21(24)20(18)12-9-6-5-7-10-13-22(25)26/h6,9,14,16,18,20-21,24H,2-5,7-8,10-13,15,17H2,1H3,(H,25,26). The van der Waals surface area contributed by atoms with Crippen LogP contribution in [0.5, 0.6) is 0 Å². The van der Waals surface area contributed by atoms with Gasteiger partial charge in [0.25, 0.3) is 0 Å². The van der Waals surface area contributed by atoms with E-state index in [4.69, 9.17) is 5.11 Å². The second-order valence-electron chi connectivity index (χ2n) is 7.46. The van der Waals surface area contributed by atoms with E-state index in [0.717, 1.165) is 44.9 Å². The molecular formula is C22H36O4. The smallest absolute Gasteiger partial charge is 0.303 e. The molecule has 26 heavy (non-hydrogen) atoms. The van der Waals surface area contributed by atoms with E-state index in [9.17, 15) is 14.7 Å². The lowest BCUT2D eigenvalue weighted by atomic mass is 9.90. The number of aliphatic hydroxyl groups excluding tert-OH is 1.